The van der Waals surface area contributed by atoms with E-state index >= 15 is 0 Å². The van der Waals surface area contributed by atoms with Crippen LogP contribution < -0.4 is 5.56 Å². The lowest BCUT2D eigenvalue weighted by Gasteiger charge is -2.32. The molecule has 0 aliphatic carbocycles. The summed E-state index contributed by atoms with van der Waals surface area (Å²) in [7, 11) is 0. The van der Waals surface area contributed by atoms with Crippen molar-refractivity contribution < 1.29 is 4.79 Å². The normalized spacial score (nSPS) is 16.3. The highest BCUT2D eigenvalue weighted by molar-refractivity contribution is 6.04. The molecular weight excluding hydrogens is 400 g/mol. The molecule has 0 radical (unpaired) electrons. The molecule has 0 bridgehead atoms. The number of carbonyl (C=O) groups is 1. The van der Waals surface area contributed by atoms with Crippen LogP contribution in [0.4, 0.5) is 0 Å². The average molecular weight is 425 g/mol. The van der Waals surface area contributed by atoms with Crippen LogP contribution in [0.3, 0.4) is 0 Å². The first kappa shape index (κ1) is 20.1. The molecular formula is C26H24N4O2. The predicted molar refractivity (Wildman–Crippen MR) is 125 cm³/mol. The first-order valence-corrected chi connectivity index (χ1v) is 10.9. The maximum atomic E-state index is 13.4. The maximum Gasteiger partial charge on any atom is 0.274 e. The van der Waals surface area contributed by atoms with Crippen molar-refractivity contribution in [3.8, 4) is 11.1 Å². The van der Waals surface area contributed by atoms with Gasteiger partial charge in [-0.25, -0.2) is 5.10 Å². The largest absolute Gasteiger partial charge is 0.337 e. The molecule has 1 N–H and O–H groups in total. The number of aromatic nitrogens is 3. The topological polar surface area (TPSA) is 79.0 Å². The zero-order valence-electron chi connectivity index (χ0n) is 17.9. The number of amides is 1. The Labute approximate surface area is 185 Å². The third-order valence-corrected chi connectivity index (χ3v) is 6.11. The molecule has 1 aliphatic heterocycles. The number of fused-ring (bicyclic) bond motifs is 1. The van der Waals surface area contributed by atoms with Crippen molar-refractivity contribution in [1.29, 1.82) is 0 Å². The lowest BCUT2D eigenvalue weighted by molar-refractivity contribution is 0.0701. The van der Waals surface area contributed by atoms with E-state index in [0.29, 0.717) is 29.6 Å². The Bertz CT molecular complexity index is 1350. The number of rotatable bonds is 3. The van der Waals surface area contributed by atoms with Crippen molar-refractivity contribution in [3.05, 3.63) is 94.2 Å². The lowest BCUT2D eigenvalue weighted by atomic mass is 9.92. The Morgan fingerprint density at radius 3 is 2.56 bits per heavy atom. The number of H-pyrrole nitrogens is 1. The van der Waals surface area contributed by atoms with Gasteiger partial charge in [0, 0.05) is 35.8 Å². The lowest BCUT2D eigenvalue weighted by Crippen LogP contribution is -2.40. The van der Waals surface area contributed by atoms with Gasteiger partial charge in [-0.15, -0.1) is 0 Å². The number of pyridine rings is 1. The van der Waals surface area contributed by atoms with Crippen molar-refractivity contribution in [2.75, 3.05) is 13.1 Å². The molecule has 32 heavy (non-hydrogen) atoms. The molecule has 1 atom stereocenters. The summed E-state index contributed by atoms with van der Waals surface area (Å²) in [6.45, 7) is 3.26. The van der Waals surface area contributed by atoms with E-state index in [1.165, 1.54) is 0 Å². The Balaban J connectivity index is 1.45. The quantitative estimate of drug-likeness (QED) is 0.531. The summed E-state index contributed by atoms with van der Waals surface area (Å²) < 4.78 is 0. The van der Waals surface area contributed by atoms with Gasteiger partial charge in [0.2, 0.25) is 0 Å². The Hall–Kier alpha value is -3.80. The van der Waals surface area contributed by atoms with Crippen molar-refractivity contribution in [2.24, 2.45) is 0 Å². The number of piperidine rings is 1. The molecule has 160 valence electrons. The van der Waals surface area contributed by atoms with E-state index in [4.69, 9.17) is 4.98 Å². The Morgan fingerprint density at radius 2 is 1.75 bits per heavy atom. The van der Waals surface area contributed by atoms with Gasteiger partial charge in [0.15, 0.2) is 5.69 Å². The predicted octanol–water partition coefficient (Wildman–Crippen LogP) is 4.31. The molecule has 2 aromatic carbocycles. The summed E-state index contributed by atoms with van der Waals surface area (Å²) in [4.78, 5) is 32.1. The molecule has 5 rings (SSSR count). The van der Waals surface area contributed by atoms with E-state index in [-0.39, 0.29) is 17.4 Å². The average Bonchev–Trinajstić information content (AvgIpc) is 2.84. The number of aryl methyl sites for hydroxylation is 1. The van der Waals surface area contributed by atoms with Gasteiger partial charge in [0.25, 0.3) is 11.5 Å². The van der Waals surface area contributed by atoms with Crippen LogP contribution in [0.5, 0.6) is 0 Å². The van der Waals surface area contributed by atoms with E-state index in [1.807, 2.05) is 36.1 Å². The molecule has 4 aromatic rings. The van der Waals surface area contributed by atoms with E-state index in [1.54, 1.807) is 18.2 Å². The Kier molecular flexibility index (Phi) is 5.27. The summed E-state index contributed by atoms with van der Waals surface area (Å²) in [5.41, 5.74) is 4.30. The molecule has 3 heterocycles. The highest BCUT2D eigenvalue weighted by atomic mass is 16.2. The number of aromatic amines is 1. The molecule has 0 spiro atoms. The van der Waals surface area contributed by atoms with E-state index < -0.39 is 0 Å². The van der Waals surface area contributed by atoms with Gasteiger partial charge in [-0.05, 0) is 49.1 Å². The minimum atomic E-state index is -0.286. The zero-order chi connectivity index (χ0) is 22.1. The van der Waals surface area contributed by atoms with Gasteiger partial charge in [-0.2, -0.15) is 5.10 Å². The highest BCUT2D eigenvalue weighted by Crippen LogP contribution is 2.30. The summed E-state index contributed by atoms with van der Waals surface area (Å²) in [5, 5.41) is 7.64. The van der Waals surface area contributed by atoms with E-state index in [2.05, 4.69) is 34.5 Å². The summed E-state index contributed by atoms with van der Waals surface area (Å²) in [6.07, 6.45) is 1.88. The van der Waals surface area contributed by atoms with Crippen LogP contribution in [0.1, 0.15) is 40.6 Å². The number of hydrogen-bond acceptors (Lipinski definition) is 4. The number of likely N-dealkylation sites (tertiary alicyclic amines) is 1. The van der Waals surface area contributed by atoms with Crippen molar-refractivity contribution in [2.45, 2.75) is 25.7 Å². The van der Waals surface area contributed by atoms with Crippen molar-refractivity contribution >= 4 is 16.7 Å². The minimum absolute atomic E-state index is 0.155. The van der Waals surface area contributed by atoms with Gasteiger partial charge in [-0.3, -0.25) is 14.6 Å². The molecule has 1 saturated heterocycles. The zero-order valence-corrected chi connectivity index (χ0v) is 17.9. The van der Waals surface area contributed by atoms with Crippen LogP contribution >= 0.6 is 0 Å². The smallest absolute Gasteiger partial charge is 0.274 e. The van der Waals surface area contributed by atoms with Crippen molar-refractivity contribution in [1.82, 2.24) is 20.1 Å². The number of nitrogens with zero attached hydrogens (tertiary/aromatic N) is 3. The van der Waals surface area contributed by atoms with E-state index in [0.717, 1.165) is 35.4 Å². The molecule has 6 nitrogen and oxygen atoms in total. The standard InChI is InChI=1S/C26H24N4O2/c1-17-14-20(18-8-3-2-4-9-18)15-23(27-17)19-10-7-13-30(16-19)26(32)24-21-11-5-6-12-22(21)25(31)29-28-24/h2-6,8-9,11-12,14-15,19H,7,10,13,16H2,1H3,(H,29,31)/t19-/m0/s1. The highest BCUT2D eigenvalue weighted by Gasteiger charge is 2.28. The van der Waals surface area contributed by atoms with Gasteiger partial charge < -0.3 is 4.90 Å². The fourth-order valence-electron chi connectivity index (χ4n) is 4.53. The summed E-state index contributed by atoms with van der Waals surface area (Å²) >= 11 is 0. The van der Waals surface area contributed by atoms with Crippen LogP contribution in [-0.4, -0.2) is 39.1 Å². The second-order valence-electron chi connectivity index (χ2n) is 8.33. The number of hydrogen-bond donors (Lipinski definition) is 1. The first-order valence-electron chi connectivity index (χ1n) is 10.9. The van der Waals surface area contributed by atoms with Gasteiger partial charge in [-0.1, -0.05) is 48.5 Å². The van der Waals surface area contributed by atoms with E-state index in [9.17, 15) is 9.59 Å². The molecule has 0 unspecified atom stereocenters. The fraction of sp³-hybridized carbons (Fsp3) is 0.231. The first-order chi connectivity index (χ1) is 15.6. The Morgan fingerprint density at radius 1 is 1.00 bits per heavy atom. The third kappa shape index (κ3) is 3.80. The molecule has 2 aromatic heterocycles. The molecule has 1 aliphatic rings. The molecule has 1 amide bonds. The minimum Gasteiger partial charge on any atom is -0.337 e. The number of nitrogens with one attached hydrogen (secondary N) is 1. The second kappa shape index (κ2) is 8.38. The van der Waals surface area contributed by atoms with Gasteiger partial charge in [0.1, 0.15) is 0 Å². The summed E-state index contributed by atoms with van der Waals surface area (Å²) in [6, 6.07) is 21.6. The van der Waals surface area contributed by atoms with Crippen LogP contribution in [0.2, 0.25) is 0 Å². The second-order valence-corrected chi connectivity index (χ2v) is 8.33. The monoisotopic (exact) mass is 424 g/mol. The summed E-state index contributed by atoms with van der Waals surface area (Å²) in [5.74, 6) is 0.00201. The van der Waals surface area contributed by atoms with Crippen LogP contribution in [0, 0.1) is 6.92 Å². The van der Waals surface area contributed by atoms with Gasteiger partial charge in [0.05, 0.1) is 5.39 Å². The maximum absolute atomic E-state index is 13.4. The SMILES string of the molecule is Cc1cc(-c2ccccc2)cc([C@H]2CCCN(C(=O)c3n[nH]c(=O)c4ccccc34)C2)n1. The third-order valence-electron chi connectivity index (χ3n) is 6.11. The van der Waals surface area contributed by atoms with Gasteiger partial charge >= 0.3 is 0 Å². The number of carbonyl (C=O) groups excluding carboxylic acids is 1. The van der Waals surface area contributed by atoms with Crippen LogP contribution in [0.25, 0.3) is 21.9 Å². The molecule has 6 heteroatoms. The number of benzene rings is 2. The van der Waals surface area contributed by atoms with Crippen molar-refractivity contribution in [3.63, 3.8) is 0 Å². The van der Waals surface area contributed by atoms with Crippen LogP contribution in [-0.2, 0) is 0 Å². The molecule has 1 fully saturated rings. The van der Waals surface area contributed by atoms with Crippen LogP contribution in [0.15, 0.2) is 71.5 Å². The fourth-order valence-corrected chi connectivity index (χ4v) is 4.53. The molecule has 0 saturated carbocycles.